The number of rotatable bonds is 9. The summed E-state index contributed by atoms with van der Waals surface area (Å²) < 4.78 is 39.1. The van der Waals surface area contributed by atoms with Gasteiger partial charge in [-0.15, -0.1) is 0 Å². The zero-order valence-electron chi connectivity index (χ0n) is 17.1. The fourth-order valence-corrected chi connectivity index (χ4v) is 2.94. The Labute approximate surface area is 182 Å². The molecule has 4 N–H and O–H groups in total. The molecule has 32 heavy (non-hydrogen) atoms. The number of nitrogens with two attached hydrogens (primary N) is 1. The first-order chi connectivity index (χ1) is 15.0. The Kier molecular flexibility index (Phi) is 8.11. The van der Waals surface area contributed by atoms with E-state index in [1.807, 2.05) is 0 Å². The number of amides is 3. The molecule has 10 heteroatoms. The van der Waals surface area contributed by atoms with Crippen molar-refractivity contribution >= 4 is 23.5 Å². The van der Waals surface area contributed by atoms with Crippen LogP contribution in [-0.4, -0.2) is 35.6 Å². The van der Waals surface area contributed by atoms with Crippen molar-refractivity contribution in [1.82, 2.24) is 10.6 Å². The summed E-state index contributed by atoms with van der Waals surface area (Å²) in [5.41, 5.74) is 4.83. The number of nitrogens with one attached hydrogen (secondary N) is 2. The molecule has 2 rings (SSSR count). The van der Waals surface area contributed by atoms with Gasteiger partial charge in [0.1, 0.15) is 6.04 Å². The second-order valence-corrected chi connectivity index (χ2v) is 7.14. The van der Waals surface area contributed by atoms with Crippen molar-refractivity contribution in [2.75, 3.05) is 0 Å². The van der Waals surface area contributed by atoms with E-state index in [4.69, 9.17) is 5.73 Å². The average Bonchev–Trinajstić information content (AvgIpc) is 2.72. The summed E-state index contributed by atoms with van der Waals surface area (Å²) in [5, 5.41) is 4.75. The summed E-state index contributed by atoms with van der Waals surface area (Å²) in [7, 11) is 0. The Balaban J connectivity index is 2.21. The van der Waals surface area contributed by atoms with Crippen molar-refractivity contribution in [2.24, 2.45) is 5.73 Å². The molecule has 0 aliphatic heterocycles. The predicted molar refractivity (Wildman–Crippen MR) is 109 cm³/mol. The van der Waals surface area contributed by atoms with Crippen molar-refractivity contribution in [3.63, 3.8) is 0 Å². The Hall–Kier alpha value is -3.69. The van der Waals surface area contributed by atoms with E-state index in [0.717, 1.165) is 12.1 Å². The molecule has 0 bridgehead atoms. The quantitative estimate of drug-likeness (QED) is 0.503. The van der Waals surface area contributed by atoms with Crippen LogP contribution < -0.4 is 16.4 Å². The van der Waals surface area contributed by atoms with Gasteiger partial charge < -0.3 is 16.4 Å². The summed E-state index contributed by atoms with van der Waals surface area (Å²) in [6.45, 7) is 1.23. The van der Waals surface area contributed by atoms with Gasteiger partial charge in [0.05, 0.1) is 18.0 Å². The van der Waals surface area contributed by atoms with Crippen molar-refractivity contribution < 1.29 is 32.3 Å². The molecule has 0 spiro atoms. The largest absolute Gasteiger partial charge is 0.416 e. The smallest absolute Gasteiger partial charge is 0.363 e. The van der Waals surface area contributed by atoms with Gasteiger partial charge in [0, 0.05) is 6.42 Å². The topological polar surface area (TPSA) is 118 Å². The van der Waals surface area contributed by atoms with Crippen molar-refractivity contribution in [3.05, 3.63) is 71.3 Å². The first-order valence-corrected chi connectivity index (χ1v) is 9.61. The number of primary amides is 1. The van der Waals surface area contributed by atoms with E-state index in [0.29, 0.717) is 5.56 Å². The van der Waals surface area contributed by atoms with Crippen LogP contribution in [0, 0.1) is 0 Å². The number of hydrogen-bond donors (Lipinski definition) is 3. The van der Waals surface area contributed by atoms with E-state index >= 15 is 0 Å². The molecule has 1 unspecified atom stereocenters. The van der Waals surface area contributed by atoms with Gasteiger partial charge in [0.15, 0.2) is 0 Å². The van der Waals surface area contributed by atoms with Crippen molar-refractivity contribution in [3.8, 4) is 0 Å². The number of benzene rings is 2. The minimum atomic E-state index is -4.58. The number of carbonyl (C=O) groups is 4. The number of alkyl halides is 3. The highest BCUT2D eigenvalue weighted by Crippen LogP contribution is 2.29. The van der Waals surface area contributed by atoms with Gasteiger partial charge in [0.25, 0.3) is 5.91 Å². The van der Waals surface area contributed by atoms with Crippen LogP contribution in [0.2, 0.25) is 0 Å². The van der Waals surface area contributed by atoms with Crippen LogP contribution in [0.4, 0.5) is 13.2 Å². The number of ketones is 1. The van der Waals surface area contributed by atoms with Crippen LogP contribution >= 0.6 is 0 Å². The van der Waals surface area contributed by atoms with E-state index in [9.17, 15) is 32.3 Å². The molecule has 2 atom stereocenters. The number of hydrogen-bond acceptors (Lipinski definition) is 4. The molecular formula is C22H22F3N3O4. The maximum Gasteiger partial charge on any atom is 0.416 e. The monoisotopic (exact) mass is 449 g/mol. The fourth-order valence-electron chi connectivity index (χ4n) is 2.94. The summed E-state index contributed by atoms with van der Waals surface area (Å²) in [6.07, 6.45) is -4.91. The molecule has 0 saturated carbocycles. The van der Waals surface area contributed by atoms with Crippen LogP contribution in [-0.2, 0) is 38.2 Å². The average molecular weight is 449 g/mol. The SMILES string of the molecule is CC(NC(=O)[C@H](Cc1cccc(C(F)(F)F)c1)NC(=O)Cc1ccccc1)C(=O)C(N)=O. The van der Waals surface area contributed by atoms with Crippen LogP contribution in [0.25, 0.3) is 0 Å². The third-order valence-corrected chi connectivity index (χ3v) is 4.55. The molecule has 2 aromatic carbocycles. The second kappa shape index (κ2) is 10.6. The van der Waals surface area contributed by atoms with Gasteiger partial charge in [-0.1, -0.05) is 48.5 Å². The minimum Gasteiger partial charge on any atom is -0.363 e. The molecule has 0 saturated heterocycles. The van der Waals surface area contributed by atoms with E-state index in [2.05, 4.69) is 10.6 Å². The lowest BCUT2D eigenvalue weighted by atomic mass is 10.0. The van der Waals surface area contributed by atoms with Gasteiger partial charge in [-0.25, -0.2) is 0 Å². The third kappa shape index (κ3) is 7.22. The lowest BCUT2D eigenvalue weighted by Gasteiger charge is -2.21. The van der Waals surface area contributed by atoms with E-state index in [1.54, 1.807) is 30.3 Å². The molecule has 0 aliphatic carbocycles. The normalized spacial score (nSPS) is 13.0. The van der Waals surface area contributed by atoms with E-state index in [-0.39, 0.29) is 18.4 Å². The number of Topliss-reactive ketones (excluding diaryl/α,β-unsaturated/α-hetero) is 1. The van der Waals surface area contributed by atoms with Gasteiger partial charge in [-0.3, -0.25) is 19.2 Å². The molecule has 3 amide bonds. The minimum absolute atomic E-state index is 0.0665. The highest BCUT2D eigenvalue weighted by Gasteiger charge is 2.31. The standard InChI is InChI=1S/C22H22F3N3O4/c1-13(19(30)20(26)31)27-21(32)17(28-18(29)12-14-6-3-2-4-7-14)11-15-8-5-9-16(10-15)22(23,24)25/h2-10,13,17H,11-12H2,1H3,(H2,26,31)(H,27,32)(H,28,29)/t13?,17-/m0/s1. The maximum atomic E-state index is 13.0. The first-order valence-electron chi connectivity index (χ1n) is 9.61. The Morgan fingerprint density at radius 2 is 1.56 bits per heavy atom. The van der Waals surface area contributed by atoms with E-state index in [1.165, 1.54) is 19.1 Å². The molecule has 0 heterocycles. The first kappa shape index (κ1) is 24.6. The fraction of sp³-hybridized carbons (Fsp3) is 0.273. The molecule has 170 valence electrons. The lowest BCUT2D eigenvalue weighted by molar-refractivity contribution is -0.138. The molecule has 0 aliphatic rings. The zero-order chi connectivity index (χ0) is 23.9. The molecule has 0 fully saturated rings. The lowest BCUT2D eigenvalue weighted by Crippen LogP contribution is -2.53. The van der Waals surface area contributed by atoms with Gasteiger partial charge >= 0.3 is 6.18 Å². The second-order valence-electron chi connectivity index (χ2n) is 7.14. The predicted octanol–water partition coefficient (Wildman–Crippen LogP) is 1.53. The highest BCUT2D eigenvalue weighted by molar-refractivity contribution is 6.37. The van der Waals surface area contributed by atoms with Crippen LogP contribution in [0.15, 0.2) is 54.6 Å². The van der Waals surface area contributed by atoms with Crippen molar-refractivity contribution in [2.45, 2.75) is 38.0 Å². The number of halogens is 3. The summed E-state index contributed by atoms with van der Waals surface area (Å²) >= 11 is 0. The zero-order valence-corrected chi connectivity index (χ0v) is 17.1. The summed E-state index contributed by atoms with van der Waals surface area (Å²) in [4.78, 5) is 47.9. The van der Waals surface area contributed by atoms with Gasteiger partial charge in [-0.2, -0.15) is 13.2 Å². The Morgan fingerprint density at radius 1 is 0.938 bits per heavy atom. The van der Waals surface area contributed by atoms with Gasteiger partial charge in [-0.05, 0) is 24.1 Å². The van der Waals surface area contributed by atoms with E-state index < -0.39 is 47.3 Å². The third-order valence-electron chi connectivity index (χ3n) is 4.55. The van der Waals surface area contributed by atoms with Crippen LogP contribution in [0.3, 0.4) is 0 Å². The van der Waals surface area contributed by atoms with Crippen molar-refractivity contribution in [1.29, 1.82) is 0 Å². The van der Waals surface area contributed by atoms with Crippen LogP contribution in [0.1, 0.15) is 23.6 Å². The molecular weight excluding hydrogens is 427 g/mol. The Bertz CT molecular complexity index is 993. The summed E-state index contributed by atoms with van der Waals surface area (Å²) in [5.74, 6) is -3.68. The molecule has 7 nitrogen and oxygen atoms in total. The Morgan fingerprint density at radius 3 is 2.16 bits per heavy atom. The molecule has 0 aromatic heterocycles. The number of carbonyl (C=O) groups excluding carboxylic acids is 4. The highest BCUT2D eigenvalue weighted by atomic mass is 19.4. The molecule has 0 radical (unpaired) electrons. The van der Waals surface area contributed by atoms with Crippen LogP contribution in [0.5, 0.6) is 0 Å². The maximum absolute atomic E-state index is 13.0. The summed E-state index contributed by atoms with van der Waals surface area (Å²) in [6, 6.07) is 10.4. The molecule has 2 aromatic rings. The van der Waals surface area contributed by atoms with Gasteiger partial charge in [0.2, 0.25) is 17.6 Å².